The minimum absolute atomic E-state index is 0.451. The Morgan fingerprint density at radius 2 is 1.95 bits per heavy atom. The van der Waals surface area contributed by atoms with Gasteiger partial charge in [0.05, 0.1) is 11.9 Å². The highest BCUT2D eigenvalue weighted by atomic mass is 15.3. The Hall–Kier alpha value is -2.36. The molecule has 108 valence electrons. The highest BCUT2D eigenvalue weighted by molar-refractivity contribution is 5.30. The predicted octanol–water partition coefficient (Wildman–Crippen LogP) is 3.43. The zero-order valence-corrected chi connectivity index (χ0v) is 12.5. The van der Waals surface area contributed by atoms with Crippen LogP contribution in [0, 0.1) is 0 Å². The van der Waals surface area contributed by atoms with Crippen LogP contribution in [0.2, 0.25) is 0 Å². The Labute approximate surface area is 125 Å². The molecular weight excluding hydrogens is 260 g/mol. The summed E-state index contributed by atoms with van der Waals surface area (Å²) in [6.45, 7) is 5.28. The van der Waals surface area contributed by atoms with Crippen LogP contribution in [-0.2, 0) is 13.0 Å². The summed E-state index contributed by atoms with van der Waals surface area (Å²) in [7, 11) is 0. The number of rotatable bonds is 5. The molecule has 0 aliphatic carbocycles. The molecule has 0 spiro atoms. The number of benzene rings is 1. The lowest BCUT2D eigenvalue weighted by Crippen LogP contribution is -2.06. The summed E-state index contributed by atoms with van der Waals surface area (Å²) in [5, 5.41) is 4.44. The van der Waals surface area contributed by atoms with E-state index in [4.69, 9.17) is 0 Å². The smallest absolute Gasteiger partial charge is 0.111 e. The van der Waals surface area contributed by atoms with Crippen LogP contribution in [0.1, 0.15) is 31.2 Å². The van der Waals surface area contributed by atoms with Crippen molar-refractivity contribution in [3.8, 4) is 5.69 Å². The number of imidazole rings is 1. The molecule has 21 heavy (non-hydrogen) atoms. The molecule has 0 fully saturated rings. The van der Waals surface area contributed by atoms with E-state index < -0.39 is 0 Å². The van der Waals surface area contributed by atoms with Crippen LogP contribution in [0.25, 0.3) is 5.69 Å². The molecule has 0 atom stereocenters. The lowest BCUT2D eigenvalue weighted by molar-refractivity contribution is 0.619. The van der Waals surface area contributed by atoms with Gasteiger partial charge in [0.25, 0.3) is 0 Å². The molecule has 0 aliphatic heterocycles. The maximum Gasteiger partial charge on any atom is 0.111 e. The number of hydrogen-bond donors (Lipinski definition) is 0. The van der Waals surface area contributed by atoms with Crippen LogP contribution in [0.3, 0.4) is 0 Å². The van der Waals surface area contributed by atoms with Gasteiger partial charge < -0.3 is 4.57 Å². The molecule has 0 aliphatic rings. The second-order valence-electron chi connectivity index (χ2n) is 5.51. The van der Waals surface area contributed by atoms with Gasteiger partial charge in [-0.05, 0) is 24.1 Å². The maximum atomic E-state index is 4.44. The highest BCUT2D eigenvalue weighted by Crippen LogP contribution is 2.13. The first-order valence-electron chi connectivity index (χ1n) is 7.34. The van der Waals surface area contributed by atoms with Crippen molar-refractivity contribution < 1.29 is 0 Å². The van der Waals surface area contributed by atoms with E-state index in [0.717, 1.165) is 24.5 Å². The van der Waals surface area contributed by atoms with Crippen molar-refractivity contribution in [1.29, 1.82) is 0 Å². The first-order valence-corrected chi connectivity index (χ1v) is 7.34. The van der Waals surface area contributed by atoms with E-state index in [9.17, 15) is 0 Å². The number of para-hydroxylation sites is 1. The second-order valence-corrected chi connectivity index (χ2v) is 5.51. The molecule has 4 nitrogen and oxygen atoms in total. The molecular formula is C17H20N4. The van der Waals surface area contributed by atoms with Crippen LogP contribution in [0.4, 0.5) is 0 Å². The van der Waals surface area contributed by atoms with Gasteiger partial charge >= 0.3 is 0 Å². The number of nitrogens with zero attached hydrogens (tertiary/aromatic N) is 4. The third-order valence-corrected chi connectivity index (χ3v) is 3.56. The van der Waals surface area contributed by atoms with Crippen LogP contribution in [-0.4, -0.2) is 19.3 Å². The van der Waals surface area contributed by atoms with Crippen molar-refractivity contribution in [2.45, 2.75) is 32.7 Å². The zero-order valence-electron chi connectivity index (χ0n) is 12.5. The maximum absolute atomic E-state index is 4.44. The average Bonchev–Trinajstić information content (AvgIpc) is 3.15. The van der Waals surface area contributed by atoms with Crippen molar-refractivity contribution in [3.63, 3.8) is 0 Å². The monoisotopic (exact) mass is 280 g/mol. The molecule has 4 heteroatoms. The Kier molecular flexibility index (Phi) is 3.86. The largest absolute Gasteiger partial charge is 0.334 e. The standard InChI is InChI=1S/C17H20N4/c1-14(2)17-18-9-11-20(17)10-8-15-12-19-21(13-15)16-6-4-3-5-7-16/h3-7,9,11-14H,8,10H2,1-2H3. The van der Waals surface area contributed by atoms with Gasteiger partial charge in [-0.1, -0.05) is 32.0 Å². The first-order chi connectivity index (χ1) is 10.2. The van der Waals surface area contributed by atoms with Gasteiger partial charge in [-0.15, -0.1) is 0 Å². The summed E-state index contributed by atoms with van der Waals surface area (Å²) in [6, 6.07) is 10.2. The van der Waals surface area contributed by atoms with Gasteiger partial charge in [0, 0.05) is 31.1 Å². The van der Waals surface area contributed by atoms with E-state index in [0.29, 0.717) is 5.92 Å². The summed E-state index contributed by atoms with van der Waals surface area (Å²) in [4.78, 5) is 4.42. The summed E-state index contributed by atoms with van der Waals surface area (Å²) in [5.74, 6) is 1.59. The van der Waals surface area contributed by atoms with E-state index in [1.54, 1.807) is 0 Å². The Balaban J connectivity index is 1.69. The average molecular weight is 280 g/mol. The fourth-order valence-corrected chi connectivity index (χ4v) is 2.47. The molecule has 0 saturated heterocycles. The van der Waals surface area contributed by atoms with Gasteiger partial charge in [-0.3, -0.25) is 0 Å². The normalized spacial score (nSPS) is 11.2. The molecule has 1 aromatic carbocycles. The fourth-order valence-electron chi connectivity index (χ4n) is 2.47. The van der Waals surface area contributed by atoms with Crippen molar-refractivity contribution in [3.05, 3.63) is 66.5 Å². The highest BCUT2D eigenvalue weighted by Gasteiger charge is 2.07. The molecule has 0 N–H and O–H groups in total. The van der Waals surface area contributed by atoms with Crippen molar-refractivity contribution in [2.24, 2.45) is 0 Å². The summed E-state index contributed by atoms with van der Waals surface area (Å²) in [5.41, 5.74) is 2.33. The molecule has 3 aromatic rings. The lowest BCUT2D eigenvalue weighted by atomic mass is 10.2. The minimum Gasteiger partial charge on any atom is -0.334 e. The van der Waals surface area contributed by atoms with Gasteiger partial charge in [-0.2, -0.15) is 5.10 Å². The quantitative estimate of drug-likeness (QED) is 0.717. The molecule has 0 radical (unpaired) electrons. The summed E-state index contributed by atoms with van der Waals surface area (Å²) >= 11 is 0. The Bertz CT molecular complexity index is 694. The van der Waals surface area contributed by atoms with Gasteiger partial charge in [0.1, 0.15) is 5.82 Å². The van der Waals surface area contributed by atoms with Crippen molar-refractivity contribution in [2.75, 3.05) is 0 Å². The number of aromatic nitrogens is 4. The van der Waals surface area contributed by atoms with Crippen molar-refractivity contribution in [1.82, 2.24) is 19.3 Å². The molecule has 0 saturated carbocycles. The predicted molar refractivity (Wildman–Crippen MR) is 83.6 cm³/mol. The molecule has 0 unspecified atom stereocenters. The van der Waals surface area contributed by atoms with E-state index in [1.807, 2.05) is 35.3 Å². The van der Waals surface area contributed by atoms with Crippen LogP contribution in [0.5, 0.6) is 0 Å². The summed E-state index contributed by atoms with van der Waals surface area (Å²) < 4.78 is 4.15. The molecule has 2 heterocycles. The summed E-state index contributed by atoms with van der Waals surface area (Å²) in [6.07, 6.45) is 8.93. The van der Waals surface area contributed by atoms with E-state index in [1.165, 1.54) is 5.56 Å². The number of aryl methyl sites for hydroxylation is 2. The Morgan fingerprint density at radius 3 is 2.71 bits per heavy atom. The van der Waals surface area contributed by atoms with Crippen LogP contribution >= 0.6 is 0 Å². The third-order valence-electron chi connectivity index (χ3n) is 3.56. The van der Waals surface area contributed by atoms with E-state index >= 15 is 0 Å². The third kappa shape index (κ3) is 3.05. The minimum atomic E-state index is 0.451. The topological polar surface area (TPSA) is 35.6 Å². The fraction of sp³-hybridized carbons (Fsp3) is 0.294. The van der Waals surface area contributed by atoms with Gasteiger partial charge in [0.2, 0.25) is 0 Å². The Morgan fingerprint density at radius 1 is 1.14 bits per heavy atom. The second kappa shape index (κ2) is 5.95. The molecule has 3 rings (SSSR count). The molecule has 0 amide bonds. The van der Waals surface area contributed by atoms with Gasteiger partial charge in [0.15, 0.2) is 0 Å². The number of hydrogen-bond acceptors (Lipinski definition) is 2. The van der Waals surface area contributed by atoms with Crippen LogP contribution < -0.4 is 0 Å². The lowest BCUT2D eigenvalue weighted by Gasteiger charge is -2.09. The molecule has 0 bridgehead atoms. The van der Waals surface area contributed by atoms with Gasteiger partial charge in [-0.25, -0.2) is 9.67 Å². The van der Waals surface area contributed by atoms with Crippen LogP contribution in [0.15, 0.2) is 55.1 Å². The first kappa shape index (κ1) is 13.6. The van der Waals surface area contributed by atoms with Crippen molar-refractivity contribution >= 4 is 0 Å². The zero-order chi connectivity index (χ0) is 14.7. The molecule has 2 aromatic heterocycles. The van der Waals surface area contributed by atoms with E-state index in [-0.39, 0.29) is 0 Å². The SMILES string of the molecule is CC(C)c1nccn1CCc1cnn(-c2ccccc2)c1. The van der Waals surface area contributed by atoms with E-state index in [2.05, 4.69) is 53.0 Å².